The van der Waals surface area contributed by atoms with E-state index >= 15 is 0 Å². The Bertz CT molecular complexity index is 890. The first-order valence-electron chi connectivity index (χ1n) is 7.72. The molecule has 0 unspecified atom stereocenters. The summed E-state index contributed by atoms with van der Waals surface area (Å²) in [6, 6.07) is 12.2. The fourth-order valence-corrected chi connectivity index (χ4v) is 2.48. The van der Waals surface area contributed by atoms with Gasteiger partial charge in [0.1, 0.15) is 0 Å². The minimum atomic E-state index is -5.43. The van der Waals surface area contributed by atoms with E-state index < -0.39 is 29.6 Å². The van der Waals surface area contributed by atoms with Crippen LogP contribution in [0.4, 0.5) is 13.2 Å². The van der Waals surface area contributed by atoms with Gasteiger partial charge in [0.25, 0.3) is 11.8 Å². The molecule has 0 aliphatic rings. The monoisotopic (exact) mass is 414 g/mol. The van der Waals surface area contributed by atoms with Crippen molar-refractivity contribution in [1.82, 2.24) is 10.6 Å². The molecule has 0 heterocycles. The van der Waals surface area contributed by atoms with Crippen molar-refractivity contribution in [1.29, 1.82) is 0 Å². The molecule has 6 nitrogen and oxygen atoms in total. The molecule has 0 aliphatic carbocycles. The number of carbonyl (C=O) groups excluding carboxylic acids is 3. The van der Waals surface area contributed by atoms with E-state index in [1.165, 1.54) is 47.8 Å². The molecule has 2 rings (SSSR count). The Balaban J connectivity index is 2.49. The molecule has 0 fully saturated rings. The first-order valence-corrected chi connectivity index (χ1v) is 8.10. The molecular formula is C18H14ClF3N2O4. The van der Waals surface area contributed by atoms with E-state index in [0.717, 1.165) is 6.07 Å². The number of esters is 1. The van der Waals surface area contributed by atoms with Crippen LogP contribution in [0.25, 0.3) is 0 Å². The minimum Gasteiger partial charge on any atom is -0.466 e. The summed E-state index contributed by atoms with van der Waals surface area (Å²) >= 11 is 5.83. The van der Waals surface area contributed by atoms with Gasteiger partial charge in [-0.2, -0.15) is 13.2 Å². The van der Waals surface area contributed by atoms with Gasteiger partial charge >= 0.3 is 17.8 Å². The predicted molar refractivity (Wildman–Crippen MR) is 93.6 cm³/mol. The van der Waals surface area contributed by atoms with Crippen molar-refractivity contribution in [2.75, 3.05) is 7.11 Å². The van der Waals surface area contributed by atoms with Crippen LogP contribution in [0.15, 0.2) is 54.6 Å². The Morgan fingerprint density at radius 3 is 1.96 bits per heavy atom. The van der Waals surface area contributed by atoms with Crippen molar-refractivity contribution < 1.29 is 32.3 Å². The van der Waals surface area contributed by atoms with E-state index in [1.807, 2.05) is 0 Å². The van der Waals surface area contributed by atoms with Gasteiger partial charge < -0.3 is 15.4 Å². The number of alkyl halides is 3. The van der Waals surface area contributed by atoms with E-state index in [9.17, 15) is 27.6 Å². The summed E-state index contributed by atoms with van der Waals surface area (Å²) in [6.45, 7) is 0. The maximum Gasteiger partial charge on any atom is 0.442 e. The lowest BCUT2D eigenvalue weighted by Crippen LogP contribution is -2.73. The molecule has 2 N–H and O–H groups in total. The number of nitrogens with one attached hydrogen (secondary N) is 2. The fourth-order valence-electron chi connectivity index (χ4n) is 2.26. The summed E-state index contributed by atoms with van der Waals surface area (Å²) in [5.41, 5.74) is -4.31. The van der Waals surface area contributed by atoms with Crippen molar-refractivity contribution in [2.45, 2.75) is 11.8 Å². The second-order valence-corrected chi connectivity index (χ2v) is 5.90. The number of hydrogen-bond acceptors (Lipinski definition) is 4. The zero-order valence-corrected chi connectivity index (χ0v) is 15.1. The topological polar surface area (TPSA) is 84.5 Å². The lowest BCUT2D eigenvalue weighted by Gasteiger charge is -2.34. The highest BCUT2D eigenvalue weighted by atomic mass is 35.5. The van der Waals surface area contributed by atoms with Gasteiger partial charge in [-0.1, -0.05) is 41.9 Å². The quantitative estimate of drug-likeness (QED) is 0.582. The lowest BCUT2D eigenvalue weighted by molar-refractivity contribution is -0.214. The first-order chi connectivity index (χ1) is 13.1. The number of ether oxygens (including phenoxy) is 1. The number of hydrogen-bond donors (Lipinski definition) is 2. The molecule has 0 radical (unpaired) electrons. The molecule has 0 saturated heterocycles. The second kappa shape index (κ2) is 8.30. The van der Waals surface area contributed by atoms with Gasteiger partial charge in [-0.25, -0.2) is 4.79 Å². The van der Waals surface area contributed by atoms with Crippen molar-refractivity contribution in [3.8, 4) is 0 Å². The Kier molecular flexibility index (Phi) is 6.30. The number of amides is 2. The molecule has 1 atom stereocenters. The highest BCUT2D eigenvalue weighted by Gasteiger charge is 2.64. The van der Waals surface area contributed by atoms with Crippen LogP contribution in [-0.2, 0) is 9.53 Å². The maximum atomic E-state index is 13.9. The van der Waals surface area contributed by atoms with Crippen LogP contribution in [0.2, 0.25) is 5.02 Å². The normalized spacial score (nSPS) is 13.2. The van der Waals surface area contributed by atoms with Crippen molar-refractivity contribution >= 4 is 29.4 Å². The molecule has 10 heteroatoms. The van der Waals surface area contributed by atoms with Gasteiger partial charge in [0, 0.05) is 5.56 Å². The smallest absolute Gasteiger partial charge is 0.442 e. The summed E-state index contributed by atoms with van der Waals surface area (Å²) in [5, 5.41) is 2.92. The Morgan fingerprint density at radius 1 is 0.893 bits per heavy atom. The summed E-state index contributed by atoms with van der Waals surface area (Å²) < 4.78 is 45.9. The van der Waals surface area contributed by atoms with Crippen LogP contribution in [0.3, 0.4) is 0 Å². The zero-order chi connectivity index (χ0) is 20.9. The third-order valence-electron chi connectivity index (χ3n) is 3.67. The average Bonchev–Trinajstić information content (AvgIpc) is 2.66. The van der Waals surface area contributed by atoms with Crippen LogP contribution >= 0.6 is 11.6 Å². The van der Waals surface area contributed by atoms with E-state index in [0.29, 0.717) is 7.11 Å². The molecular weight excluding hydrogens is 401 g/mol. The molecule has 2 aromatic carbocycles. The number of benzene rings is 2. The van der Waals surface area contributed by atoms with Gasteiger partial charge in [-0.3, -0.25) is 9.59 Å². The van der Waals surface area contributed by atoms with E-state index in [1.54, 1.807) is 11.4 Å². The van der Waals surface area contributed by atoms with Crippen LogP contribution in [0, 0.1) is 0 Å². The number of carbonyl (C=O) groups is 3. The molecule has 0 aromatic heterocycles. The molecule has 0 saturated carbocycles. The third kappa shape index (κ3) is 4.25. The van der Waals surface area contributed by atoms with Crippen LogP contribution in [0.1, 0.15) is 20.7 Å². The van der Waals surface area contributed by atoms with E-state index in [4.69, 9.17) is 11.6 Å². The van der Waals surface area contributed by atoms with Gasteiger partial charge in [0.05, 0.1) is 17.7 Å². The second-order valence-electron chi connectivity index (χ2n) is 5.49. The Hall–Kier alpha value is -3.07. The number of methoxy groups -OCH3 is 1. The standard InChI is InChI=1S/C18H14ClF3N2O4/c1-28-16(27)17(18(20,21)22,23-14(25)11-7-3-2-4-8-11)24-15(26)12-9-5-6-10-13(12)19/h2-10H,1H3,(H,23,25)(H,24,26)/t17-/m1/s1. The molecule has 0 bridgehead atoms. The van der Waals surface area contributed by atoms with Crippen LogP contribution in [0.5, 0.6) is 0 Å². The predicted octanol–water partition coefficient (Wildman–Crippen LogP) is 2.93. The zero-order valence-electron chi connectivity index (χ0n) is 14.3. The van der Waals surface area contributed by atoms with Crippen molar-refractivity contribution in [2.24, 2.45) is 0 Å². The van der Waals surface area contributed by atoms with Gasteiger partial charge in [0.15, 0.2) is 0 Å². The average molecular weight is 415 g/mol. The van der Waals surface area contributed by atoms with Crippen LogP contribution in [-0.4, -0.2) is 36.7 Å². The van der Waals surface area contributed by atoms with Crippen molar-refractivity contribution in [3.63, 3.8) is 0 Å². The fraction of sp³-hybridized carbons (Fsp3) is 0.167. The Morgan fingerprint density at radius 2 is 1.43 bits per heavy atom. The van der Waals surface area contributed by atoms with Gasteiger partial charge in [-0.05, 0) is 24.3 Å². The van der Waals surface area contributed by atoms with Crippen LogP contribution < -0.4 is 10.6 Å². The lowest BCUT2D eigenvalue weighted by atomic mass is 10.1. The highest BCUT2D eigenvalue weighted by molar-refractivity contribution is 6.33. The summed E-state index contributed by atoms with van der Waals surface area (Å²) in [7, 11) is 0.694. The van der Waals surface area contributed by atoms with Gasteiger partial charge in [-0.15, -0.1) is 0 Å². The summed E-state index contributed by atoms with van der Waals surface area (Å²) in [5.74, 6) is -4.51. The van der Waals surface area contributed by atoms with Gasteiger partial charge in [0.2, 0.25) is 0 Å². The van der Waals surface area contributed by atoms with E-state index in [2.05, 4.69) is 4.74 Å². The molecule has 2 aromatic rings. The minimum absolute atomic E-state index is 0.143. The molecule has 0 aliphatic heterocycles. The molecule has 148 valence electrons. The third-order valence-corrected chi connectivity index (χ3v) is 4.00. The molecule has 2 amide bonds. The highest BCUT2D eigenvalue weighted by Crippen LogP contribution is 2.31. The Labute approximate surface area is 162 Å². The van der Waals surface area contributed by atoms with Crippen molar-refractivity contribution in [3.05, 3.63) is 70.7 Å². The SMILES string of the molecule is COC(=O)[C@@](NC(=O)c1ccccc1)(NC(=O)c1ccccc1Cl)C(F)(F)F. The number of halogens is 4. The molecule has 28 heavy (non-hydrogen) atoms. The maximum absolute atomic E-state index is 13.9. The largest absolute Gasteiger partial charge is 0.466 e. The first kappa shape index (κ1) is 21.2. The number of rotatable bonds is 5. The summed E-state index contributed by atoms with van der Waals surface area (Å²) in [6.07, 6.45) is -5.43. The molecule has 0 spiro atoms. The van der Waals surface area contributed by atoms with E-state index in [-0.39, 0.29) is 16.1 Å². The summed E-state index contributed by atoms with van der Waals surface area (Å²) in [4.78, 5) is 36.8.